The van der Waals surface area contributed by atoms with Gasteiger partial charge in [0.1, 0.15) is 22.1 Å². The van der Waals surface area contributed by atoms with Crippen molar-refractivity contribution >= 4 is 156 Å². The maximum Gasteiger partial charge on any atom is 0.229 e. The second-order valence-electron chi connectivity index (χ2n) is 38.2. The van der Waals surface area contributed by atoms with Gasteiger partial charge < -0.3 is 81.1 Å². The zero-order valence-corrected chi connectivity index (χ0v) is 79.0. The van der Waals surface area contributed by atoms with Gasteiger partial charge in [0, 0.05) is 246 Å². The highest BCUT2D eigenvalue weighted by Gasteiger charge is 2.34. The third-order valence-electron chi connectivity index (χ3n) is 28.5. The average Bonchev–Trinajstić information content (AvgIpc) is 1.62. The molecule has 0 unspecified atom stereocenters. The van der Waals surface area contributed by atoms with Crippen molar-refractivity contribution in [1.82, 2.24) is 104 Å². The number of fused-ring (bicyclic) bond motifs is 16. The molecule has 0 bridgehead atoms. The minimum Gasteiger partial charge on any atom is -0.432 e. The lowest BCUT2D eigenvalue weighted by molar-refractivity contribution is 0.122. The summed E-state index contributed by atoms with van der Waals surface area (Å²) in [6, 6.07) is 44.7. The van der Waals surface area contributed by atoms with Crippen molar-refractivity contribution in [2.24, 2.45) is 5.92 Å². The van der Waals surface area contributed by atoms with Crippen molar-refractivity contribution in [3.8, 4) is 51.6 Å². The normalized spacial score (nSPS) is 17.1. The summed E-state index contributed by atoms with van der Waals surface area (Å²) >= 11 is 0. The number of anilines is 4. The highest BCUT2D eigenvalue weighted by molar-refractivity contribution is 6.11. The fraction of sp³-hybridized carbons (Fsp3) is 0.355. The Balaban J connectivity index is 0.0000000992. The number of rotatable bonds is 21. The largest absolute Gasteiger partial charge is 0.432 e. The van der Waals surface area contributed by atoms with Crippen LogP contribution in [-0.4, -0.2) is 282 Å². The SMILES string of the molecule is CN(Cc1cnc2oc3c(N4CCOCC4)nc(-c4cccc5[nH]ccc45)nc3c2c1)C1CC1.CN(Cc1cnc2oc3c(N4CCOCC4)nc(-c4cccc5[nH]ccc45)nc3c2c1)CC1CC1.N#CCCN1CCN(Cc2cnc3oc4c(N5CCOCC5)nc(-c5cccc6[nH]ccc56)nc4c3c2)CC1.c1cc(-c2nc(N3CCOCC3)c3oc4ncc(CN5CCC5)cc4c3n2)c2cc[nH]c2c1. The van der Waals surface area contributed by atoms with E-state index in [1.54, 1.807) is 0 Å². The number of aromatic amines is 4. The van der Waals surface area contributed by atoms with Gasteiger partial charge in [-0.25, -0.2) is 59.8 Å². The first-order valence-electron chi connectivity index (χ1n) is 49.4. The van der Waals surface area contributed by atoms with E-state index < -0.39 is 0 Å². The van der Waals surface area contributed by atoms with Gasteiger partial charge in [-0.15, -0.1) is 0 Å². The molecule has 8 fully saturated rings. The Morgan fingerprint density at radius 2 is 0.674 bits per heavy atom. The summed E-state index contributed by atoms with van der Waals surface area (Å²) in [5.41, 5.74) is 21.3. The molecule has 2 aliphatic carbocycles. The van der Waals surface area contributed by atoms with Gasteiger partial charge in [0.05, 0.1) is 80.5 Å². The van der Waals surface area contributed by atoms with Crippen molar-refractivity contribution in [3.63, 3.8) is 0 Å². The van der Waals surface area contributed by atoms with Crippen LogP contribution < -0.4 is 19.6 Å². The number of hydrogen-bond donors (Lipinski definition) is 4. The molecule has 8 aliphatic rings. The van der Waals surface area contributed by atoms with Gasteiger partial charge in [-0.05, 0) is 160 Å². The number of likely N-dealkylation sites (tertiary alicyclic amines) is 1. The number of nitriles is 1. The molecule has 0 amide bonds. The van der Waals surface area contributed by atoms with Crippen molar-refractivity contribution in [2.75, 3.05) is 191 Å². The Labute approximate surface area is 810 Å². The number of morpholine rings is 4. The molecule has 28 rings (SSSR count). The lowest BCUT2D eigenvalue weighted by Crippen LogP contribution is -2.46. The molecular weight excluding hydrogens is 1780 g/mol. The highest BCUT2D eigenvalue weighted by Crippen LogP contribution is 2.44. The number of H-pyrrole nitrogens is 4. The number of nitrogens with zero attached hydrogens (tertiary/aromatic N) is 22. The monoisotopic (exact) mass is 1880 g/mol. The standard InChI is InChI=1S/C29H30N8O2.C27H28N6O2.C26H26N6O2.C25H24N6O2/c30-6-2-8-35-9-11-36(12-10-35)19-20-17-23-25-26(39-29(23)32-18-20)28(37-13-15-38-16-14-37)34-27(33-25)22-3-1-4-24-21(22)5-7-31-24;1-32(15-17-5-6-17)16-18-13-21-23-24(35-27(21)29-14-18)26(33-9-11-34-12-10-33)31-25(30-23)20-3-2-4-22-19(20)7-8-28-22;1-31(17-5-6-17)15-16-13-20-22-23(34-26(20)28-14-16)25(32-9-11-33-12-10-32)30-24(29-22)19-3-2-4-21-18(19)7-8-27-21;1-3-18(17-5-6-26-20(17)4-1)23-28-21-19-13-16(15-30-7-2-8-30)14-27-25(19)33-22(21)24(29-23)31-9-11-32-12-10-31/h1,3-5,7,17-18,31H,2,8-16,19H2;2-4,7-8,13-14,17,28H,5-6,9-12,15-16H2,1H3;2-4,7-8,13-14,17,27H,5-6,9-12,15H2,1H3;1,3-6,13-14,26H,2,7-12,15H2. The number of aromatic nitrogens is 16. The zero-order chi connectivity index (χ0) is 94.0. The molecule has 16 aromatic heterocycles. The van der Waals surface area contributed by atoms with Crippen molar-refractivity contribution in [1.29, 1.82) is 5.26 Å². The minimum absolute atomic E-state index is 0.580. The number of ether oxygens (including phenoxy) is 4. The first kappa shape index (κ1) is 88.0. The molecule has 34 nitrogen and oxygen atoms in total. The summed E-state index contributed by atoms with van der Waals surface area (Å²) in [5, 5.41) is 17.0. The quantitative estimate of drug-likeness (QED) is 0.0519. The highest BCUT2D eigenvalue weighted by atomic mass is 16.5. The van der Waals surface area contributed by atoms with E-state index in [0.29, 0.717) is 134 Å². The lowest BCUT2D eigenvalue weighted by Gasteiger charge is -2.34. The molecule has 0 spiro atoms. The Morgan fingerprint density at radius 3 is 0.993 bits per heavy atom. The zero-order valence-electron chi connectivity index (χ0n) is 79.0. The number of nitrogens with one attached hydrogen (secondary N) is 4. The van der Waals surface area contributed by atoms with E-state index in [9.17, 15) is 0 Å². The molecule has 0 radical (unpaired) electrons. The van der Waals surface area contributed by atoms with Gasteiger partial charge in [-0.2, -0.15) is 5.26 Å². The predicted octanol–water partition coefficient (Wildman–Crippen LogP) is 16.7. The Bertz CT molecular complexity index is 8070. The third kappa shape index (κ3) is 17.8. The van der Waals surface area contributed by atoms with Crippen LogP contribution in [0, 0.1) is 17.2 Å². The van der Waals surface area contributed by atoms with Gasteiger partial charge in [0.25, 0.3) is 0 Å². The fourth-order valence-corrected chi connectivity index (χ4v) is 20.6. The smallest absolute Gasteiger partial charge is 0.229 e. The van der Waals surface area contributed by atoms with Crippen LogP contribution in [0.25, 0.3) is 178 Å². The Hall–Kier alpha value is -14.5. The van der Waals surface area contributed by atoms with Gasteiger partial charge in [0.15, 0.2) is 68.9 Å². The van der Waals surface area contributed by atoms with Crippen molar-refractivity contribution in [3.05, 3.63) is 193 Å². The van der Waals surface area contributed by atoms with Crippen LogP contribution in [0.3, 0.4) is 0 Å². The van der Waals surface area contributed by atoms with E-state index >= 15 is 0 Å². The minimum atomic E-state index is 0.580. The molecule has 20 aromatic rings. The van der Waals surface area contributed by atoms with E-state index in [4.69, 9.17) is 86.7 Å². The topological polar surface area (TPSA) is 360 Å². The summed E-state index contributed by atoms with van der Waals surface area (Å²) in [6.07, 6.45) is 22.6. The van der Waals surface area contributed by atoms with Crippen LogP contribution in [0.4, 0.5) is 23.3 Å². The third-order valence-corrected chi connectivity index (χ3v) is 28.5. The van der Waals surface area contributed by atoms with E-state index in [1.165, 1.54) is 48.8 Å². The number of piperazine rings is 1. The van der Waals surface area contributed by atoms with E-state index in [-0.39, 0.29) is 0 Å². The molecule has 4 N–H and O–H groups in total. The molecule has 0 atom stereocenters. The van der Waals surface area contributed by atoms with Crippen LogP contribution in [0.15, 0.2) is 189 Å². The molecule has 6 aliphatic heterocycles. The molecular formula is C107H108N26O8. The van der Waals surface area contributed by atoms with Crippen LogP contribution in [0.2, 0.25) is 0 Å². The Kier molecular flexibility index (Phi) is 23.9. The molecule has 4 aromatic carbocycles. The molecule has 141 heavy (non-hydrogen) atoms. The summed E-state index contributed by atoms with van der Waals surface area (Å²) < 4.78 is 47.6. The molecule has 2 saturated carbocycles. The van der Waals surface area contributed by atoms with E-state index in [0.717, 1.165) is 275 Å². The molecule has 22 heterocycles. The van der Waals surface area contributed by atoms with Gasteiger partial charge in [-0.1, -0.05) is 48.5 Å². The van der Waals surface area contributed by atoms with Crippen molar-refractivity contribution < 1.29 is 36.6 Å². The first-order chi connectivity index (χ1) is 69.6. The van der Waals surface area contributed by atoms with Crippen LogP contribution >= 0.6 is 0 Å². The summed E-state index contributed by atoms with van der Waals surface area (Å²) in [7, 11) is 4.37. The Morgan fingerprint density at radius 1 is 0.355 bits per heavy atom. The number of furan rings is 4. The second kappa shape index (κ2) is 38.2. The van der Waals surface area contributed by atoms with E-state index in [2.05, 4.69) is 196 Å². The first-order valence-corrected chi connectivity index (χ1v) is 49.4. The van der Waals surface area contributed by atoms with Crippen molar-refractivity contribution in [2.45, 2.75) is 70.7 Å². The van der Waals surface area contributed by atoms with Crippen LogP contribution in [-0.2, 0) is 45.1 Å². The summed E-state index contributed by atoms with van der Waals surface area (Å²) in [4.78, 5) is 93.3. The van der Waals surface area contributed by atoms with Gasteiger partial charge in [0.2, 0.25) is 22.9 Å². The van der Waals surface area contributed by atoms with Crippen LogP contribution in [0.5, 0.6) is 0 Å². The van der Waals surface area contributed by atoms with Crippen LogP contribution in [0.1, 0.15) is 60.8 Å². The lowest BCUT2D eigenvalue weighted by atomic mass is 10.1. The number of hydrogen-bond acceptors (Lipinski definition) is 30. The fourth-order valence-electron chi connectivity index (χ4n) is 20.6. The second-order valence-corrected chi connectivity index (χ2v) is 38.2. The van der Waals surface area contributed by atoms with Gasteiger partial charge in [-0.3, -0.25) is 19.6 Å². The maximum atomic E-state index is 8.88. The maximum absolute atomic E-state index is 8.88. The molecule has 6 saturated heterocycles. The average molecular weight is 1890 g/mol. The molecule has 714 valence electrons. The predicted molar refractivity (Wildman–Crippen MR) is 545 cm³/mol. The number of benzene rings is 4. The van der Waals surface area contributed by atoms with Gasteiger partial charge >= 0.3 is 0 Å². The number of pyridine rings is 4. The molecule has 34 heteroatoms. The summed E-state index contributed by atoms with van der Waals surface area (Å²) in [5.74, 6) is 6.85. The summed E-state index contributed by atoms with van der Waals surface area (Å²) in [6.45, 7) is 23.1. The van der Waals surface area contributed by atoms with E-state index in [1.807, 2.05) is 73.8 Å².